The molecule has 2 heterocycles. The van der Waals surface area contributed by atoms with Gasteiger partial charge in [0, 0.05) is 4.88 Å². The molecule has 0 saturated heterocycles. The molecular formula is C20H22N2S. The van der Waals surface area contributed by atoms with Crippen LogP contribution in [-0.4, -0.2) is 9.97 Å². The van der Waals surface area contributed by atoms with Crippen molar-refractivity contribution in [3.05, 3.63) is 47.1 Å². The fourth-order valence-electron chi connectivity index (χ4n) is 3.47. The smallest absolute Gasteiger partial charge is 0.130 e. The normalized spacial score (nSPS) is 16.6. The summed E-state index contributed by atoms with van der Waals surface area (Å²) < 4.78 is 0. The molecule has 1 saturated carbocycles. The van der Waals surface area contributed by atoms with Crippen LogP contribution >= 0.6 is 11.3 Å². The zero-order valence-electron chi connectivity index (χ0n) is 13.5. The molecule has 3 heteroatoms. The summed E-state index contributed by atoms with van der Waals surface area (Å²) in [7, 11) is 0. The number of nitrogens with one attached hydrogen (secondary N) is 1. The summed E-state index contributed by atoms with van der Waals surface area (Å²) in [6, 6.07) is 8.71. The van der Waals surface area contributed by atoms with E-state index in [0.717, 1.165) is 22.8 Å². The van der Waals surface area contributed by atoms with Gasteiger partial charge in [-0.05, 0) is 66.5 Å². The summed E-state index contributed by atoms with van der Waals surface area (Å²) in [6.45, 7) is 2.17. The van der Waals surface area contributed by atoms with Crippen molar-refractivity contribution in [2.24, 2.45) is 5.92 Å². The molecule has 0 radical (unpaired) electrons. The van der Waals surface area contributed by atoms with E-state index in [9.17, 15) is 0 Å². The predicted octanol–water partition coefficient (Wildman–Crippen LogP) is 6.19. The molecule has 118 valence electrons. The summed E-state index contributed by atoms with van der Waals surface area (Å²) in [5.41, 5.74) is 4.77. The minimum atomic E-state index is 0.737. The number of aromatic amines is 1. The molecule has 0 amide bonds. The van der Waals surface area contributed by atoms with Crippen LogP contribution in [0.1, 0.15) is 43.5 Å². The second-order valence-corrected chi connectivity index (χ2v) is 7.46. The number of rotatable bonds is 3. The van der Waals surface area contributed by atoms with Crippen molar-refractivity contribution in [2.75, 3.05) is 0 Å². The Morgan fingerprint density at radius 3 is 2.83 bits per heavy atom. The lowest BCUT2D eigenvalue weighted by Crippen LogP contribution is -2.02. The average Bonchev–Trinajstić information content (AvgIpc) is 3.18. The number of fused-ring (bicyclic) bond motifs is 1. The molecule has 1 fully saturated rings. The van der Waals surface area contributed by atoms with Crippen LogP contribution in [0.2, 0.25) is 0 Å². The van der Waals surface area contributed by atoms with Gasteiger partial charge in [-0.3, -0.25) is 0 Å². The van der Waals surface area contributed by atoms with Gasteiger partial charge in [-0.15, -0.1) is 11.3 Å². The van der Waals surface area contributed by atoms with Crippen molar-refractivity contribution in [2.45, 2.75) is 39.0 Å². The van der Waals surface area contributed by atoms with Crippen LogP contribution in [-0.2, 0) is 0 Å². The number of imidazole rings is 1. The molecule has 0 bridgehead atoms. The van der Waals surface area contributed by atoms with Gasteiger partial charge in [0.05, 0.1) is 11.0 Å². The van der Waals surface area contributed by atoms with E-state index in [1.165, 1.54) is 48.1 Å². The Morgan fingerprint density at radius 1 is 1.17 bits per heavy atom. The molecule has 23 heavy (non-hydrogen) atoms. The second-order valence-electron chi connectivity index (χ2n) is 6.54. The molecule has 0 spiro atoms. The number of hydrogen-bond acceptors (Lipinski definition) is 2. The molecule has 1 aliphatic carbocycles. The highest BCUT2D eigenvalue weighted by Crippen LogP contribution is 2.31. The molecule has 0 unspecified atom stereocenters. The Balaban J connectivity index is 1.60. The second kappa shape index (κ2) is 6.32. The van der Waals surface area contributed by atoms with E-state index in [1.807, 2.05) is 0 Å². The zero-order chi connectivity index (χ0) is 15.6. The average molecular weight is 322 g/mol. The van der Waals surface area contributed by atoms with Crippen LogP contribution in [0.3, 0.4) is 0 Å². The monoisotopic (exact) mass is 322 g/mol. The van der Waals surface area contributed by atoms with E-state index in [2.05, 4.69) is 53.7 Å². The molecule has 1 aliphatic rings. The van der Waals surface area contributed by atoms with Gasteiger partial charge in [0.15, 0.2) is 0 Å². The Kier molecular flexibility index (Phi) is 4.04. The number of thiophene rings is 1. The van der Waals surface area contributed by atoms with Gasteiger partial charge in [0.2, 0.25) is 0 Å². The van der Waals surface area contributed by atoms with E-state index in [4.69, 9.17) is 4.98 Å². The zero-order valence-corrected chi connectivity index (χ0v) is 14.3. The van der Waals surface area contributed by atoms with Crippen LogP contribution in [0.25, 0.3) is 27.6 Å². The van der Waals surface area contributed by atoms with Crippen molar-refractivity contribution >= 4 is 28.4 Å². The van der Waals surface area contributed by atoms with Crippen molar-refractivity contribution in [1.29, 1.82) is 0 Å². The third-order valence-corrected chi connectivity index (χ3v) is 5.87. The summed E-state index contributed by atoms with van der Waals surface area (Å²) in [5, 5.41) is 2.15. The van der Waals surface area contributed by atoms with Crippen molar-refractivity contribution in [1.82, 2.24) is 9.97 Å². The minimum Gasteiger partial charge on any atom is -0.338 e. The third-order valence-electron chi connectivity index (χ3n) is 4.80. The number of H-pyrrole nitrogens is 1. The Bertz CT molecular complexity index is 834. The summed E-state index contributed by atoms with van der Waals surface area (Å²) >= 11 is 1.80. The van der Waals surface area contributed by atoms with Gasteiger partial charge in [0.25, 0.3) is 0 Å². The minimum absolute atomic E-state index is 0.737. The highest BCUT2D eigenvalue weighted by atomic mass is 32.1. The lowest BCUT2D eigenvalue weighted by Gasteiger charge is -2.17. The first-order chi connectivity index (χ1) is 11.3. The van der Waals surface area contributed by atoms with Crippen LogP contribution in [0.5, 0.6) is 0 Å². The van der Waals surface area contributed by atoms with Gasteiger partial charge >= 0.3 is 0 Å². The summed E-state index contributed by atoms with van der Waals surface area (Å²) in [4.78, 5) is 9.53. The maximum Gasteiger partial charge on any atom is 0.130 e. The topological polar surface area (TPSA) is 28.7 Å². The Morgan fingerprint density at radius 2 is 2.04 bits per heavy atom. The largest absolute Gasteiger partial charge is 0.338 e. The number of allylic oxidation sites excluding steroid dienone is 1. The van der Waals surface area contributed by atoms with Crippen molar-refractivity contribution in [3.8, 4) is 10.4 Å². The lowest BCUT2D eigenvalue weighted by atomic mass is 9.89. The van der Waals surface area contributed by atoms with Gasteiger partial charge in [0.1, 0.15) is 5.82 Å². The number of aryl methyl sites for hydroxylation is 1. The van der Waals surface area contributed by atoms with E-state index in [-0.39, 0.29) is 0 Å². The van der Waals surface area contributed by atoms with Crippen LogP contribution in [0.15, 0.2) is 35.7 Å². The van der Waals surface area contributed by atoms with Gasteiger partial charge < -0.3 is 4.98 Å². The molecule has 2 nitrogen and oxygen atoms in total. The fraction of sp³-hybridized carbons (Fsp3) is 0.350. The maximum atomic E-state index is 4.76. The molecule has 2 aromatic heterocycles. The first kappa shape index (κ1) is 14.7. The number of nitrogens with zero attached hydrogens (tertiary/aromatic N) is 1. The highest BCUT2D eigenvalue weighted by molar-refractivity contribution is 7.13. The molecule has 3 aromatic rings. The molecule has 1 N–H and O–H groups in total. The molecule has 0 aliphatic heterocycles. The predicted molar refractivity (Wildman–Crippen MR) is 99.8 cm³/mol. The Hall–Kier alpha value is -1.87. The first-order valence-corrected chi connectivity index (χ1v) is 9.40. The summed E-state index contributed by atoms with van der Waals surface area (Å²) in [6.07, 6.45) is 11.3. The number of hydrogen-bond donors (Lipinski definition) is 1. The van der Waals surface area contributed by atoms with Crippen LogP contribution in [0, 0.1) is 12.8 Å². The van der Waals surface area contributed by atoms with Crippen molar-refractivity contribution in [3.63, 3.8) is 0 Å². The van der Waals surface area contributed by atoms with E-state index in [1.54, 1.807) is 11.3 Å². The molecule has 1 aromatic carbocycles. The highest BCUT2D eigenvalue weighted by Gasteiger charge is 2.10. The van der Waals surface area contributed by atoms with Crippen LogP contribution < -0.4 is 0 Å². The lowest BCUT2D eigenvalue weighted by molar-refractivity contribution is 0.420. The standard InChI is InChI=1S/C20H22N2S/c1-14-11-12-23-20(14)16-8-9-17-18(13-16)22-19(21-17)10-7-15-5-3-2-4-6-15/h7-13,15H,2-6H2,1H3,(H,21,22)/b10-7+. The van der Waals surface area contributed by atoms with Gasteiger partial charge in [-0.1, -0.05) is 31.4 Å². The van der Waals surface area contributed by atoms with E-state index >= 15 is 0 Å². The van der Waals surface area contributed by atoms with Crippen molar-refractivity contribution < 1.29 is 0 Å². The molecule has 0 atom stereocenters. The first-order valence-electron chi connectivity index (χ1n) is 8.52. The fourth-order valence-corrected chi connectivity index (χ4v) is 4.39. The van der Waals surface area contributed by atoms with E-state index < -0.39 is 0 Å². The SMILES string of the molecule is Cc1ccsc1-c1ccc2[nH]c(/C=C/C3CCCCC3)nc2c1. The maximum absolute atomic E-state index is 4.76. The van der Waals surface area contributed by atoms with Gasteiger partial charge in [-0.25, -0.2) is 4.98 Å². The molecule has 4 rings (SSSR count). The van der Waals surface area contributed by atoms with Gasteiger partial charge in [-0.2, -0.15) is 0 Å². The van der Waals surface area contributed by atoms with Crippen LogP contribution in [0.4, 0.5) is 0 Å². The number of aromatic nitrogens is 2. The quantitative estimate of drug-likeness (QED) is 0.611. The molecular weight excluding hydrogens is 300 g/mol. The van der Waals surface area contributed by atoms with E-state index in [0.29, 0.717) is 0 Å². The Labute approximate surface area is 141 Å². The number of benzene rings is 1. The third kappa shape index (κ3) is 3.11. The summed E-state index contributed by atoms with van der Waals surface area (Å²) in [5.74, 6) is 1.71.